The van der Waals surface area contributed by atoms with Crippen LogP contribution in [0.15, 0.2) is 72.8 Å². The van der Waals surface area contributed by atoms with Crippen LogP contribution in [0.5, 0.6) is 23.0 Å². The third-order valence-electron chi connectivity index (χ3n) is 16.7. The summed E-state index contributed by atoms with van der Waals surface area (Å²) in [7, 11) is -5.09. The minimum absolute atomic E-state index is 0.196. The first-order valence-electron chi connectivity index (χ1n) is 27.5. The summed E-state index contributed by atoms with van der Waals surface area (Å²) in [5, 5.41) is 12.0. The van der Waals surface area contributed by atoms with Gasteiger partial charge in [0.05, 0.1) is 68.3 Å². The molecule has 6 aromatic rings. The van der Waals surface area contributed by atoms with Crippen LogP contribution in [0.25, 0.3) is 44.3 Å². The number of esters is 1. The van der Waals surface area contributed by atoms with Gasteiger partial charge < -0.3 is 37.9 Å². The maximum atomic E-state index is 12.4. The number of carboxylic acids is 1. The predicted molar refractivity (Wildman–Crippen MR) is 296 cm³/mol. The van der Waals surface area contributed by atoms with Crippen LogP contribution in [0.4, 0.5) is 0 Å². The average Bonchev–Trinajstić information content (AvgIpc) is 4.03. The van der Waals surface area contributed by atoms with Crippen LogP contribution in [0.2, 0.25) is 0 Å². The van der Waals surface area contributed by atoms with Crippen LogP contribution in [-0.4, -0.2) is 123 Å². The lowest BCUT2D eigenvalue weighted by Gasteiger charge is -2.31. The number of carboxylic acid groups (broad SMARTS) is 1. The van der Waals surface area contributed by atoms with Crippen LogP contribution < -0.4 is 18.9 Å². The second-order valence-electron chi connectivity index (χ2n) is 21.8. The predicted octanol–water partition coefficient (Wildman–Crippen LogP) is 10.6. The molecule has 4 fully saturated rings. The Kier molecular flexibility index (Phi) is 15.1. The number of ether oxygens (including phenoxy) is 5. The lowest BCUT2D eigenvalue weighted by Crippen LogP contribution is -2.43. The molecule has 0 spiro atoms. The van der Waals surface area contributed by atoms with Gasteiger partial charge in [-0.1, -0.05) is 50.7 Å². The van der Waals surface area contributed by atoms with Gasteiger partial charge in [-0.15, -0.1) is 0 Å². The molecule has 0 amide bonds. The molecule has 0 radical (unpaired) electrons. The number of rotatable bonds is 10. The molecule has 6 heterocycles. The number of hydrogen-bond acceptors (Lipinski definition) is 11. The van der Waals surface area contributed by atoms with Gasteiger partial charge in [0.1, 0.15) is 48.4 Å². The fraction of sp³-hybridized carbons (Fsp3) is 0.492. The molecule has 2 saturated heterocycles. The summed E-state index contributed by atoms with van der Waals surface area (Å²) in [4.78, 5) is 24.1. The number of nitrogens with zero attached hydrogens (tertiary/aromatic N) is 4. The van der Waals surface area contributed by atoms with E-state index in [9.17, 15) is 31.5 Å². The highest BCUT2D eigenvalue weighted by molar-refractivity contribution is 7.88. The van der Waals surface area contributed by atoms with Crippen molar-refractivity contribution >= 4 is 53.8 Å². The molecule has 2 aliphatic carbocycles. The number of sulfonamides is 2. The highest BCUT2D eigenvalue weighted by atomic mass is 32.2. The van der Waals surface area contributed by atoms with Gasteiger partial charge in [-0.3, -0.25) is 0 Å². The van der Waals surface area contributed by atoms with E-state index in [1.165, 1.54) is 89.0 Å². The number of aromatic nitrogens is 2. The molecule has 77 heavy (non-hydrogen) atoms. The zero-order valence-electron chi connectivity index (χ0n) is 44.3. The summed E-state index contributed by atoms with van der Waals surface area (Å²) >= 11 is 0. The monoisotopic (exact) mass is 1090 g/mol. The quantitative estimate of drug-likeness (QED) is 0.128. The van der Waals surface area contributed by atoms with E-state index in [1.54, 1.807) is 12.1 Å². The first-order chi connectivity index (χ1) is 37.1. The lowest BCUT2D eigenvalue weighted by molar-refractivity contribution is 0.0600. The van der Waals surface area contributed by atoms with Crippen molar-refractivity contribution < 1.29 is 55.2 Å². The van der Waals surface area contributed by atoms with Gasteiger partial charge in [0.25, 0.3) is 0 Å². The Hall–Kier alpha value is -6.08. The van der Waals surface area contributed by atoms with Gasteiger partial charge in [0, 0.05) is 58.2 Å². The first kappa shape index (κ1) is 52.9. The molecule has 2 aromatic heterocycles. The summed E-state index contributed by atoms with van der Waals surface area (Å²) in [6.45, 7) is 4.02. The summed E-state index contributed by atoms with van der Waals surface area (Å²) in [5.41, 5.74) is 9.76. The standard InChI is InChI=1S/C30H36N2O6S.C29H34N2O6S/c1-36-30(33)21-10-12-24-26(17-21)32-15-16-37-27-18-22(38-23-9-6-14-31(19-23)39(2,34)35)11-13-25(27)29(32)28(24)20-7-4-3-5-8-20;1-38(34,35)30-13-5-8-22(18-30)37-21-10-12-24-26(17-21)36-15-14-31-25-16-20(29(32)33)9-11-23(25)27(28(24)31)19-6-3-2-4-7-19/h10-13,17-18,20,23H,3-9,14-16,19H2,1-2H3;9-12,16-17,19,22H,2-8,13-15,18H2,1H3,(H,32,33). The molecule has 2 atom stereocenters. The van der Waals surface area contributed by atoms with Crippen LogP contribution in [-0.2, 0) is 37.9 Å². The van der Waals surface area contributed by atoms with Crippen molar-refractivity contribution in [1.29, 1.82) is 0 Å². The van der Waals surface area contributed by atoms with Crippen molar-refractivity contribution in [2.24, 2.45) is 0 Å². The highest BCUT2D eigenvalue weighted by Crippen LogP contribution is 2.50. The van der Waals surface area contributed by atoms with Gasteiger partial charge in [0.2, 0.25) is 20.0 Å². The van der Waals surface area contributed by atoms with E-state index in [-0.39, 0.29) is 23.7 Å². The molecule has 6 aliphatic rings. The lowest BCUT2D eigenvalue weighted by atomic mass is 9.81. The average molecular weight is 1090 g/mol. The van der Waals surface area contributed by atoms with Crippen LogP contribution in [0, 0.1) is 0 Å². The molecule has 0 bridgehead atoms. The fourth-order valence-electron chi connectivity index (χ4n) is 13.1. The third-order valence-corrected chi connectivity index (χ3v) is 19.2. The Labute approximate surface area is 451 Å². The van der Waals surface area contributed by atoms with Gasteiger partial charge in [-0.05, 0) is 123 Å². The van der Waals surface area contributed by atoms with Gasteiger partial charge in [-0.25, -0.2) is 26.4 Å². The minimum Gasteiger partial charge on any atom is -0.491 e. The second-order valence-corrected chi connectivity index (χ2v) is 25.7. The van der Waals surface area contributed by atoms with Crippen molar-refractivity contribution in [3.63, 3.8) is 0 Å². The molecule has 12 rings (SSSR count). The van der Waals surface area contributed by atoms with Crippen molar-refractivity contribution in [2.45, 2.75) is 127 Å². The van der Waals surface area contributed by atoms with E-state index in [4.69, 9.17) is 23.7 Å². The highest BCUT2D eigenvalue weighted by Gasteiger charge is 2.34. The summed E-state index contributed by atoms with van der Waals surface area (Å²) in [5.74, 6) is 2.48. The van der Waals surface area contributed by atoms with E-state index in [0.717, 1.165) is 96.1 Å². The zero-order valence-corrected chi connectivity index (χ0v) is 46.0. The van der Waals surface area contributed by atoms with E-state index >= 15 is 0 Å². The Bertz CT molecular complexity index is 3450. The molecule has 16 nitrogen and oxygen atoms in total. The van der Waals surface area contributed by atoms with Gasteiger partial charge in [0.15, 0.2) is 0 Å². The van der Waals surface area contributed by atoms with E-state index < -0.39 is 26.0 Å². The van der Waals surface area contributed by atoms with E-state index in [0.29, 0.717) is 81.4 Å². The van der Waals surface area contributed by atoms with Gasteiger partial charge in [-0.2, -0.15) is 8.61 Å². The number of fused-ring (bicyclic) bond motifs is 10. The number of methoxy groups -OCH3 is 1. The molecule has 18 heteroatoms. The maximum Gasteiger partial charge on any atom is 0.337 e. The summed E-state index contributed by atoms with van der Waals surface area (Å²) in [6, 6.07) is 23.3. The largest absolute Gasteiger partial charge is 0.491 e. The smallest absolute Gasteiger partial charge is 0.337 e. The van der Waals surface area contributed by atoms with Crippen LogP contribution >= 0.6 is 0 Å². The number of benzene rings is 4. The zero-order chi connectivity index (χ0) is 53.6. The Morgan fingerprint density at radius 1 is 0.545 bits per heavy atom. The Balaban J connectivity index is 0.000000164. The van der Waals surface area contributed by atoms with Crippen molar-refractivity contribution in [3.05, 3.63) is 95.1 Å². The molecular formula is C59H70N4O12S2. The number of hydrogen-bond donors (Lipinski definition) is 1. The number of piperidine rings is 2. The third kappa shape index (κ3) is 10.9. The van der Waals surface area contributed by atoms with E-state index in [1.807, 2.05) is 48.5 Å². The Morgan fingerprint density at radius 3 is 1.42 bits per heavy atom. The number of aromatic carboxylic acids is 1. The normalized spacial score (nSPS) is 20.7. The number of carbonyl (C=O) groups is 2. The molecule has 1 N–H and O–H groups in total. The summed E-state index contributed by atoms with van der Waals surface area (Å²) in [6.07, 6.45) is 17.2. The summed E-state index contributed by atoms with van der Waals surface area (Å²) < 4.78 is 85.8. The minimum atomic E-state index is -3.25. The molecular weight excluding hydrogens is 1020 g/mol. The topological polar surface area (TPSA) is 185 Å². The molecule has 2 saturated carbocycles. The first-order valence-corrected chi connectivity index (χ1v) is 31.2. The second kappa shape index (κ2) is 22.0. The van der Waals surface area contributed by atoms with Gasteiger partial charge >= 0.3 is 11.9 Å². The van der Waals surface area contributed by atoms with Crippen LogP contribution in [0.1, 0.15) is 134 Å². The molecule has 4 aliphatic heterocycles. The molecule has 4 aromatic carbocycles. The van der Waals surface area contributed by atoms with Crippen molar-refractivity contribution in [1.82, 2.24) is 17.7 Å². The van der Waals surface area contributed by atoms with Crippen LogP contribution in [0.3, 0.4) is 0 Å². The Morgan fingerprint density at radius 2 is 0.987 bits per heavy atom. The van der Waals surface area contributed by atoms with E-state index in [2.05, 4.69) is 21.3 Å². The number of carbonyl (C=O) groups excluding carboxylic acids is 1. The SMILES string of the molecule is COC(=O)c1ccc2c(C3CCCCC3)c3n(c2c1)CCOc1cc(OC2CCCN(S(C)(=O)=O)C2)ccc1-3.CS(=O)(=O)N1CCCC(Oc2ccc3c(c2)OCCn2c-3c(C3CCCCC3)c3ccc(C(=O)O)cc32)C1. The molecule has 410 valence electrons. The van der Waals surface area contributed by atoms with Crippen molar-refractivity contribution in [2.75, 3.05) is 59.0 Å². The maximum absolute atomic E-state index is 12.4. The fourth-order valence-corrected chi connectivity index (χ4v) is 14.8. The van der Waals surface area contributed by atoms with Crippen molar-refractivity contribution in [3.8, 4) is 45.5 Å². The molecule has 2 unspecified atom stereocenters.